The van der Waals surface area contributed by atoms with Crippen LogP contribution < -0.4 is 5.32 Å². The van der Waals surface area contributed by atoms with E-state index < -0.39 is 18.0 Å². The molecule has 1 aliphatic heterocycles. The highest BCUT2D eigenvalue weighted by molar-refractivity contribution is 5.79. The third kappa shape index (κ3) is 3.45. The fourth-order valence-corrected chi connectivity index (χ4v) is 3.45. The molecule has 0 radical (unpaired) electrons. The molecule has 3 unspecified atom stereocenters. The summed E-state index contributed by atoms with van der Waals surface area (Å²) in [7, 11) is 0. The van der Waals surface area contributed by atoms with Crippen LogP contribution in [0.1, 0.15) is 39.0 Å². The summed E-state index contributed by atoms with van der Waals surface area (Å²) in [6, 6.07) is 0.152. The Bertz CT molecular complexity index is 340. The lowest BCUT2D eigenvalue weighted by molar-refractivity contribution is -0.187. The van der Waals surface area contributed by atoms with Gasteiger partial charge in [-0.15, -0.1) is 0 Å². The van der Waals surface area contributed by atoms with Crippen LogP contribution in [0, 0.1) is 11.8 Å². The number of likely N-dealkylation sites (N-methyl/N-ethyl adjacent to an activating group) is 1. The van der Waals surface area contributed by atoms with E-state index >= 15 is 0 Å². The number of nitrogens with zero attached hydrogens (tertiary/aromatic N) is 1. The first-order chi connectivity index (χ1) is 9.43. The molecule has 0 aromatic rings. The van der Waals surface area contributed by atoms with Gasteiger partial charge in [-0.1, -0.05) is 6.42 Å². The Hall–Kier alpha value is -0.780. The first kappa shape index (κ1) is 15.6. The first-order valence-corrected chi connectivity index (χ1v) is 7.51. The maximum Gasteiger partial charge on any atom is 0.391 e. The van der Waals surface area contributed by atoms with Gasteiger partial charge in [-0.25, -0.2) is 0 Å². The zero-order valence-corrected chi connectivity index (χ0v) is 11.9. The Morgan fingerprint density at radius 2 is 2.05 bits per heavy atom. The minimum absolute atomic E-state index is 0.0288. The third-order valence-corrected chi connectivity index (χ3v) is 4.59. The minimum atomic E-state index is -4.16. The molecule has 0 aromatic carbocycles. The molecule has 1 amide bonds. The van der Waals surface area contributed by atoms with E-state index in [4.69, 9.17) is 0 Å². The Labute approximate surface area is 117 Å². The molecule has 0 spiro atoms. The van der Waals surface area contributed by atoms with Crippen LogP contribution in [0.5, 0.6) is 0 Å². The summed E-state index contributed by atoms with van der Waals surface area (Å²) in [6.45, 7) is 4.12. The van der Waals surface area contributed by atoms with Crippen molar-refractivity contribution >= 4 is 5.91 Å². The molecule has 20 heavy (non-hydrogen) atoms. The predicted molar refractivity (Wildman–Crippen MR) is 70.2 cm³/mol. The molecule has 2 fully saturated rings. The number of alkyl halides is 3. The van der Waals surface area contributed by atoms with Gasteiger partial charge in [-0.2, -0.15) is 13.2 Å². The fraction of sp³-hybridized carbons (Fsp3) is 0.929. The Morgan fingerprint density at radius 1 is 1.30 bits per heavy atom. The quantitative estimate of drug-likeness (QED) is 0.867. The number of nitrogens with one attached hydrogen (secondary N) is 1. The van der Waals surface area contributed by atoms with E-state index in [2.05, 4.69) is 5.32 Å². The molecule has 1 N–H and O–H groups in total. The maximum absolute atomic E-state index is 12.8. The van der Waals surface area contributed by atoms with Crippen LogP contribution in [0.3, 0.4) is 0 Å². The normalized spacial score (nSPS) is 31.3. The van der Waals surface area contributed by atoms with E-state index in [1.807, 2.05) is 6.92 Å². The average molecular weight is 292 g/mol. The van der Waals surface area contributed by atoms with Crippen molar-refractivity contribution in [3.8, 4) is 0 Å². The molecule has 1 aliphatic carbocycles. The van der Waals surface area contributed by atoms with Gasteiger partial charge in [0.1, 0.15) is 0 Å². The van der Waals surface area contributed by atoms with E-state index in [-0.39, 0.29) is 24.8 Å². The average Bonchev–Trinajstić information content (AvgIpc) is 2.92. The molecule has 2 rings (SSSR count). The summed E-state index contributed by atoms with van der Waals surface area (Å²) in [5, 5.41) is 3.20. The lowest BCUT2D eigenvalue weighted by Gasteiger charge is -2.35. The van der Waals surface area contributed by atoms with Crippen molar-refractivity contribution in [1.29, 1.82) is 0 Å². The predicted octanol–water partition coefficient (Wildman–Crippen LogP) is 2.57. The van der Waals surface area contributed by atoms with Crippen molar-refractivity contribution < 1.29 is 18.0 Å². The number of hydrogen-bond acceptors (Lipinski definition) is 2. The van der Waals surface area contributed by atoms with E-state index in [9.17, 15) is 18.0 Å². The Morgan fingerprint density at radius 3 is 2.60 bits per heavy atom. The zero-order chi connectivity index (χ0) is 14.8. The van der Waals surface area contributed by atoms with Gasteiger partial charge in [-0.05, 0) is 39.2 Å². The van der Waals surface area contributed by atoms with Crippen molar-refractivity contribution in [2.45, 2.75) is 51.2 Å². The SMILES string of the molecule is CCN(C(=O)C1CCCC(C(F)(F)F)C1)C1CCNC1. The van der Waals surface area contributed by atoms with Gasteiger partial charge in [0, 0.05) is 25.0 Å². The highest BCUT2D eigenvalue weighted by Gasteiger charge is 2.44. The van der Waals surface area contributed by atoms with E-state index in [0.29, 0.717) is 19.4 Å². The third-order valence-electron chi connectivity index (χ3n) is 4.59. The summed E-state index contributed by atoms with van der Waals surface area (Å²) in [4.78, 5) is 14.3. The molecule has 2 aliphatic rings. The van der Waals surface area contributed by atoms with Gasteiger partial charge in [0.05, 0.1) is 5.92 Å². The largest absolute Gasteiger partial charge is 0.391 e. The van der Waals surface area contributed by atoms with Crippen LogP contribution in [0.15, 0.2) is 0 Å². The number of carbonyl (C=O) groups is 1. The number of amides is 1. The van der Waals surface area contributed by atoms with Gasteiger partial charge >= 0.3 is 6.18 Å². The van der Waals surface area contributed by atoms with E-state index in [1.54, 1.807) is 4.90 Å². The molecule has 1 heterocycles. The summed E-state index contributed by atoms with van der Waals surface area (Å²) >= 11 is 0. The molecule has 116 valence electrons. The van der Waals surface area contributed by atoms with E-state index in [1.165, 1.54) is 0 Å². The summed E-state index contributed by atoms with van der Waals surface area (Å²) in [5.41, 5.74) is 0. The highest BCUT2D eigenvalue weighted by Crippen LogP contribution is 2.40. The van der Waals surface area contributed by atoms with Gasteiger partial charge in [-0.3, -0.25) is 4.79 Å². The Kier molecular flexibility index (Phi) is 4.94. The summed E-state index contributed by atoms with van der Waals surface area (Å²) in [5.74, 6) is -1.82. The van der Waals surface area contributed by atoms with Gasteiger partial charge in [0.25, 0.3) is 0 Å². The Balaban J connectivity index is 1.99. The van der Waals surface area contributed by atoms with Crippen LogP contribution in [0.25, 0.3) is 0 Å². The monoisotopic (exact) mass is 292 g/mol. The summed E-state index contributed by atoms with van der Waals surface area (Å²) in [6.07, 6.45) is -2.02. The molecule has 3 atom stereocenters. The number of halogens is 3. The van der Waals surface area contributed by atoms with Crippen LogP contribution in [-0.4, -0.2) is 42.7 Å². The molecule has 6 heteroatoms. The topological polar surface area (TPSA) is 32.3 Å². The summed E-state index contributed by atoms with van der Waals surface area (Å²) < 4.78 is 38.5. The molecule has 0 aromatic heterocycles. The molecule has 3 nitrogen and oxygen atoms in total. The smallest absolute Gasteiger partial charge is 0.338 e. The van der Waals surface area contributed by atoms with E-state index in [0.717, 1.165) is 19.5 Å². The number of hydrogen-bond donors (Lipinski definition) is 1. The van der Waals surface area contributed by atoms with Gasteiger partial charge < -0.3 is 10.2 Å². The van der Waals surface area contributed by atoms with Crippen molar-refractivity contribution in [2.24, 2.45) is 11.8 Å². The number of rotatable bonds is 3. The van der Waals surface area contributed by atoms with Crippen molar-refractivity contribution in [1.82, 2.24) is 10.2 Å². The lowest BCUT2D eigenvalue weighted by atomic mass is 9.80. The van der Waals surface area contributed by atoms with Crippen LogP contribution in [0.2, 0.25) is 0 Å². The maximum atomic E-state index is 12.8. The fourth-order valence-electron chi connectivity index (χ4n) is 3.45. The molecule has 1 saturated carbocycles. The minimum Gasteiger partial charge on any atom is -0.338 e. The van der Waals surface area contributed by atoms with Crippen LogP contribution >= 0.6 is 0 Å². The molecular weight excluding hydrogens is 269 g/mol. The van der Waals surface area contributed by atoms with Crippen LogP contribution in [-0.2, 0) is 4.79 Å². The molecule has 1 saturated heterocycles. The van der Waals surface area contributed by atoms with Crippen molar-refractivity contribution in [2.75, 3.05) is 19.6 Å². The van der Waals surface area contributed by atoms with Crippen LogP contribution in [0.4, 0.5) is 13.2 Å². The number of carbonyl (C=O) groups excluding carboxylic acids is 1. The van der Waals surface area contributed by atoms with Gasteiger partial charge in [0.2, 0.25) is 5.91 Å². The second kappa shape index (κ2) is 6.33. The van der Waals surface area contributed by atoms with Crippen molar-refractivity contribution in [3.63, 3.8) is 0 Å². The second-order valence-corrected chi connectivity index (χ2v) is 5.87. The van der Waals surface area contributed by atoms with Gasteiger partial charge in [0.15, 0.2) is 0 Å². The molecular formula is C14H23F3N2O. The lowest BCUT2D eigenvalue weighted by Crippen LogP contribution is -2.46. The zero-order valence-electron chi connectivity index (χ0n) is 11.9. The standard InChI is InChI=1S/C14H23F3N2O/c1-2-19(12-6-7-18-9-12)13(20)10-4-3-5-11(8-10)14(15,16)17/h10-12,18H,2-9H2,1H3. The highest BCUT2D eigenvalue weighted by atomic mass is 19.4. The molecule has 0 bridgehead atoms. The second-order valence-electron chi connectivity index (χ2n) is 5.87. The first-order valence-electron chi connectivity index (χ1n) is 7.51. The van der Waals surface area contributed by atoms with Crippen molar-refractivity contribution in [3.05, 3.63) is 0 Å².